The number of ether oxygens (including phenoxy) is 1. The zero-order chi connectivity index (χ0) is 21.0. The van der Waals surface area contributed by atoms with E-state index in [-0.39, 0.29) is 24.6 Å². The molecule has 0 bridgehead atoms. The van der Waals surface area contributed by atoms with Crippen molar-refractivity contribution in [3.8, 4) is 22.6 Å². The van der Waals surface area contributed by atoms with Crippen molar-refractivity contribution in [1.29, 1.82) is 0 Å². The number of nitrogens with zero attached hydrogens (tertiary/aromatic N) is 3. The lowest BCUT2D eigenvalue weighted by molar-refractivity contribution is -0.141. The summed E-state index contributed by atoms with van der Waals surface area (Å²) in [5.41, 5.74) is 3.31. The molecule has 0 saturated carbocycles. The maximum Gasteiger partial charge on any atom is 0.325 e. The molecule has 3 aromatic rings. The summed E-state index contributed by atoms with van der Waals surface area (Å²) in [6.07, 6.45) is 3.52. The van der Waals surface area contributed by atoms with E-state index in [4.69, 9.17) is 4.74 Å². The van der Waals surface area contributed by atoms with E-state index in [1.54, 1.807) is 31.6 Å². The van der Waals surface area contributed by atoms with Gasteiger partial charge in [0.15, 0.2) is 5.69 Å². The fourth-order valence-electron chi connectivity index (χ4n) is 3.05. The van der Waals surface area contributed by atoms with Crippen molar-refractivity contribution < 1.29 is 19.4 Å². The Morgan fingerprint density at radius 2 is 1.93 bits per heavy atom. The van der Waals surface area contributed by atoms with Crippen molar-refractivity contribution in [3.05, 3.63) is 59.7 Å². The quantitative estimate of drug-likeness (QED) is 0.623. The van der Waals surface area contributed by atoms with Crippen molar-refractivity contribution in [2.24, 2.45) is 0 Å². The molecule has 1 amide bonds. The van der Waals surface area contributed by atoms with Gasteiger partial charge in [-0.25, -0.2) is 9.67 Å². The van der Waals surface area contributed by atoms with Gasteiger partial charge in [-0.3, -0.25) is 9.59 Å². The number of esters is 1. The third kappa shape index (κ3) is 4.26. The van der Waals surface area contributed by atoms with Crippen LogP contribution in [0, 0.1) is 13.8 Å². The lowest BCUT2D eigenvalue weighted by atomic mass is 10.00. The molecule has 2 aromatic heterocycles. The molecule has 150 valence electrons. The molecule has 2 heterocycles. The van der Waals surface area contributed by atoms with Crippen LogP contribution in [0.1, 0.15) is 28.7 Å². The van der Waals surface area contributed by atoms with Crippen molar-refractivity contribution >= 4 is 11.9 Å². The van der Waals surface area contributed by atoms with Gasteiger partial charge in [0.25, 0.3) is 5.91 Å². The maximum absolute atomic E-state index is 12.4. The van der Waals surface area contributed by atoms with Gasteiger partial charge in [0.2, 0.25) is 0 Å². The Labute approximate surface area is 168 Å². The molecule has 3 rings (SSSR count). The fourth-order valence-corrected chi connectivity index (χ4v) is 3.05. The standard InChI is InChI=1S/C21H22N4O4/c1-4-29-17(26)11-22-21(28)19-20(27)13(2)18(14(3)24-19)15-10-23-25(12-15)16-8-6-5-7-9-16/h5-10,12,27H,4,11H2,1-3H3,(H,22,28). The predicted molar refractivity (Wildman–Crippen MR) is 107 cm³/mol. The molecule has 0 aliphatic rings. The van der Waals surface area contributed by atoms with Crippen molar-refractivity contribution in [2.45, 2.75) is 20.8 Å². The van der Waals surface area contributed by atoms with E-state index in [0.717, 1.165) is 11.3 Å². The van der Waals surface area contributed by atoms with Gasteiger partial charge in [0, 0.05) is 28.6 Å². The van der Waals surface area contributed by atoms with Gasteiger partial charge in [-0.05, 0) is 32.9 Å². The molecule has 0 radical (unpaired) electrons. The summed E-state index contributed by atoms with van der Waals surface area (Å²) in [5, 5.41) is 17.3. The lowest BCUT2D eigenvalue weighted by Gasteiger charge is -2.13. The van der Waals surface area contributed by atoms with Crippen LogP contribution in [-0.4, -0.2) is 44.9 Å². The Hall–Kier alpha value is -3.68. The maximum atomic E-state index is 12.4. The molecule has 8 heteroatoms. The number of aryl methyl sites for hydroxylation is 1. The van der Waals surface area contributed by atoms with Gasteiger partial charge in [0.1, 0.15) is 12.3 Å². The second-order valence-corrected chi connectivity index (χ2v) is 6.39. The highest BCUT2D eigenvalue weighted by atomic mass is 16.5. The molecule has 0 fully saturated rings. The minimum atomic E-state index is -0.645. The van der Waals surface area contributed by atoms with Gasteiger partial charge < -0.3 is 15.2 Å². The minimum absolute atomic E-state index is 0.136. The number of nitrogens with one attached hydrogen (secondary N) is 1. The number of hydrogen-bond acceptors (Lipinski definition) is 6. The number of para-hydroxylation sites is 1. The fraction of sp³-hybridized carbons (Fsp3) is 0.238. The molecular formula is C21H22N4O4. The highest BCUT2D eigenvalue weighted by Gasteiger charge is 2.22. The third-order valence-electron chi connectivity index (χ3n) is 4.40. The third-order valence-corrected chi connectivity index (χ3v) is 4.40. The average molecular weight is 394 g/mol. The zero-order valence-electron chi connectivity index (χ0n) is 16.5. The molecule has 1 aromatic carbocycles. The molecule has 0 saturated heterocycles. The normalized spacial score (nSPS) is 10.6. The van der Waals surface area contributed by atoms with E-state index >= 15 is 0 Å². The number of amides is 1. The molecule has 29 heavy (non-hydrogen) atoms. The van der Waals surface area contributed by atoms with Crippen LogP contribution in [0.5, 0.6) is 5.75 Å². The first-order chi connectivity index (χ1) is 13.9. The smallest absolute Gasteiger partial charge is 0.325 e. The summed E-state index contributed by atoms with van der Waals surface area (Å²) in [4.78, 5) is 28.0. The topological polar surface area (TPSA) is 106 Å². The molecule has 8 nitrogen and oxygen atoms in total. The SMILES string of the molecule is CCOC(=O)CNC(=O)c1nc(C)c(-c2cnn(-c3ccccc3)c2)c(C)c1O. The summed E-state index contributed by atoms with van der Waals surface area (Å²) in [6.45, 7) is 5.07. The van der Waals surface area contributed by atoms with Crippen LogP contribution in [-0.2, 0) is 9.53 Å². The van der Waals surface area contributed by atoms with Crippen molar-refractivity contribution in [3.63, 3.8) is 0 Å². The van der Waals surface area contributed by atoms with Gasteiger partial charge in [-0.1, -0.05) is 18.2 Å². The predicted octanol–water partition coefficient (Wildman–Crippen LogP) is 2.55. The van der Waals surface area contributed by atoms with E-state index in [1.807, 2.05) is 36.5 Å². The first-order valence-electron chi connectivity index (χ1n) is 9.16. The monoisotopic (exact) mass is 394 g/mol. The molecular weight excluding hydrogens is 372 g/mol. The Kier molecular flexibility index (Phi) is 5.92. The number of aromatic nitrogens is 3. The summed E-state index contributed by atoms with van der Waals surface area (Å²) in [5.74, 6) is -1.44. The van der Waals surface area contributed by atoms with E-state index in [9.17, 15) is 14.7 Å². The first kappa shape index (κ1) is 20.1. The summed E-state index contributed by atoms with van der Waals surface area (Å²) >= 11 is 0. The molecule has 0 aliphatic carbocycles. The van der Waals surface area contributed by atoms with Gasteiger partial charge in [-0.2, -0.15) is 5.10 Å². The zero-order valence-corrected chi connectivity index (χ0v) is 16.5. The van der Waals surface area contributed by atoms with E-state index in [0.29, 0.717) is 16.8 Å². The minimum Gasteiger partial charge on any atom is -0.505 e. The number of benzene rings is 1. The van der Waals surface area contributed by atoms with E-state index in [2.05, 4.69) is 15.4 Å². The van der Waals surface area contributed by atoms with Crippen LogP contribution < -0.4 is 5.32 Å². The second kappa shape index (κ2) is 8.55. The average Bonchev–Trinajstić information content (AvgIpc) is 3.19. The highest BCUT2D eigenvalue weighted by Crippen LogP contribution is 2.33. The first-order valence-corrected chi connectivity index (χ1v) is 9.16. The Bertz CT molecular complexity index is 1040. The summed E-state index contributed by atoms with van der Waals surface area (Å²) < 4.78 is 6.50. The molecule has 0 aliphatic heterocycles. The molecule has 0 unspecified atom stereocenters. The van der Waals surface area contributed by atoms with E-state index < -0.39 is 11.9 Å². The number of aromatic hydroxyl groups is 1. The highest BCUT2D eigenvalue weighted by molar-refractivity contribution is 5.97. The van der Waals surface area contributed by atoms with Crippen LogP contribution in [0.25, 0.3) is 16.8 Å². The van der Waals surface area contributed by atoms with Crippen LogP contribution in [0.4, 0.5) is 0 Å². The van der Waals surface area contributed by atoms with Crippen LogP contribution in [0.15, 0.2) is 42.7 Å². The number of pyridine rings is 1. The number of hydrogen-bond donors (Lipinski definition) is 2. The molecule has 0 atom stereocenters. The van der Waals surface area contributed by atoms with Crippen molar-refractivity contribution in [2.75, 3.05) is 13.2 Å². The van der Waals surface area contributed by atoms with E-state index in [1.165, 1.54) is 0 Å². The summed E-state index contributed by atoms with van der Waals surface area (Å²) in [7, 11) is 0. The number of carbonyl (C=O) groups excluding carboxylic acids is 2. The molecule has 2 N–H and O–H groups in total. The lowest BCUT2D eigenvalue weighted by Crippen LogP contribution is -2.31. The van der Waals surface area contributed by atoms with Gasteiger partial charge in [-0.15, -0.1) is 0 Å². The largest absolute Gasteiger partial charge is 0.505 e. The summed E-state index contributed by atoms with van der Waals surface area (Å²) in [6, 6.07) is 9.64. The van der Waals surface area contributed by atoms with Gasteiger partial charge in [0.05, 0.1) is 18.5 Å². The Morgan fingerprint density at radius 1 is 1.21 bits per heavy atom. The number of carbonyl (C=O) groups is 2. The Balaban J connectivity index is 1.89. The van der Waals surface area contributed by atoms with Gasteiger partial charge >= 0.3 is 5.97 Å². The Morgan fingerprint density at radius 3 is 2.62 bits per heavy atom. The van der Waals surface area contributed by atoms with Crippen LogP contribution in [0.3, 0.4) is 0 Å². The second-order valence-electron chi connectivity index (χ2n) is 6.39. The van der Waals surface area contributed by atoms with Crippen molar-refractivity contribution in [1.82, 2.24) is 20.1 Å². The van der Waals surface area contributed by atoms with Crippen LogP contribution >= 0.6 is 0 Å². The molecule has 0 spiro atoms. The number of rotatable bonds is 6. The van der Waals surface area contributed by atoms with Crippen LogP contribution in [0.2, 0.25) is 0 Å².